The van der Waals surface area contributed by atoms with Crippen molar-refractivity contribution >= 4 is 15.9 Å². The Kier molecular flexibility index (Phi) is 6.08. The molecule has 1 aliphatic heterocycles. The fourth-order valence-corrected chi connectivity index (χ4v) is 3.22. The van der Waals surface area contributed by atoms with Crippen molar-refractivity contribution in [1.29, 1.82) is 0 Å². The summed E-state index contributed by atoms with van der Waals surface area (Å²) in [5, 5.41) is 3.63. The molecule has 4 heteroatoms. The summed E-state index contributed by atoms with van der Waals surface area (Å²) in [5.41, 5.74) is 2.35. The van der Waals surface area contributed by atoms with Crippen LogP contribution in [-0.4, -0.2) is 19.3 Å². The van der Waals surface area contributed by atoms with Gasteiger partial charge in [-0.2, -0.15) is 0 Å². The average molecular weight is 376 g/mol. The van der Waals surface area contributed by atoms with Crippen LogP contribution in [0.15, 0.2) is 53.0 Å². The van der Waals surface area contributed by atoms with Crippen molar-refractivity contribution in [3.63, 3.8) is 0 Å². The Morgan fingerprint density at radius 2 is 1.83 bits per heavy atom. The number of halogens is 1. The van der Waals surface area contributed by atoms with Crippen molar-refractivity contribution in [1.82, 2.24) is 5.32 Å². The number of ether oxygens (including phenoxy) is 2. The van der Waals surface area contributed by atoms with Gasteiger partial charge in [0, 0.05) is 35.8 Å². The molecule has 0 bridgehead atoms. The Labute approximate surface area is 146 Å². The summed E-state index contributed by atoms with van der Waals surface area (Å²) in [6.07, 6.45) is 2.15. The zero-order chi connectivity index (χ0) is 15.9. The molecule has 1 fully saturated rings. The quantitative estimate of drug-likeness (QED) is 0.816. The van der Waals surface area contributed by atoms with Crippen LogP contribution < -0.4 is 10.1 Å². The van der Waals surface area contributed by atoms with Crippen LogP contribution in [0.1, 0.15) is 24.0 Å². The van der Waals surface area contributed by atoms with Crippen LogP contribution >= 0.6 is 15.9 Å². The summed E-state index contributed by atoms with van der Waals surface area (Å²) >= 11 is 3.65. The molecule has 0 spiro atoms. The van der Waals surface area contributed by atoms with Crippen LogP contribution in [0.4, 0.5) is 0 Å². The molecule has 3 nitrogen and oxygen atoms in total. The maximum atomic E-state index is 6.05. The molecule has 1 saturated heterocycles. The first-order chi connectivity index (χ1) is 11.3. The van der Waals surface area contributed by atoms with Crippen LogP contribution in [0, 0.1) is 0 Å². The van der Waals surface area contributed by atoms with Crippen molar-refractivity contribution in [2.75, 3.05) is 13.2 Å². The van der Waals surface area contributed by atoms with Gasteiger partial charge in [0.1, 0.15) is 12.4 Å². The summed E-state index contributed by atoms with van der Waals surface area (Å²) in [7, 11) is 0. The van der Waals surface area contributed by atoms with Gasteiger partial charge in [-0.3, -0.25) is 0 Å². The number of benzene rings is 2. The molecule has 122 valence electrons. The highest BCUT2D eigenvalue weighted by molar-refractivity contribution is 9.10. The Hall–Kier alpha value is -1.36. The van der Waals surface area contributed by atoms with Gasteiger partial charge in [0.2, 0.25) is 0 Å². The van der Waals surface area contributed by atoms with Gasteiger partial charge in [0.15, 0.2) is 0 Å². The SMILES string of the molecule is Brc1cccc(OCc2ccccc2)c1CNC1CCOCC1. The van der Waals surface area contributed by atoms with E-state index in [0.717, 1.165) is 42.8 Å². The third kappa shape index (κ3) is 4.80. The molecule has 0 atom stereocenters. The number of hydrogen-bond donors (Lipinski definition) is 1. The smallest absolute Gasteiger partial charge is 0.125 e. The van der Waals surface area contributed by atoms with E-state index >= 15 is 0 Å². The zero-order valence-corrected chi connectivity index (χ0v) is 14.7. The monoisotopic (exact) mass is 375 g/mol. The lowest BCUT2D eigenvalue weighted by molar-refractivity contribution is 0.0775. The first-order valence-corrected chi connectivity index (χ1v) is 8.87. The van der Waals surface area contributed by atoms with Gasteiger partial charge in [-0.15, -0.1) is 0 Å². The topological polar surface area (TPSA) is 30.5 Å². The predicted molar refractivity (Wildman–Crippen MR) is 95.6 cm³/mol. The lowest BCUT2D eigenvalue weighted by Gasteiger charge is -2.24. The normalized spacial score (nSPS) is 15.5. The second kappa shape index (κ2) is 8.48. The molecule has 0 saturated carbocycles. The van der Waals surface area contributed by atoms with Crippen LogP contribution in [0.25, 0.3) is 0 Å². The first kappa shape index (κ1) is 16.5. The number of hydrogen-bond acceptors (Lipinski definition) is 3. The van der Waals surface area contributed by atoms with E-state index in [0.29, 0.717) is 12.6 Å². The third-order valence-electron chi connectivity index (χ3n) is 4.10. The highest BCUT2D eigenvalue weighted by atomic mass is 79.9. The number of rotatable bonds is 6. The standard InChI is InChI=1S/C19H22BrNO2/c20-18-7-4-8-19(23-14-15-5-2-1-3-6-15)17(18)13-21-16-9-11-22-12-10-16/h1-8,16,21H,9-14H2. The molecule has 1 aliphatic rings. The Morgan fingerprint density at radius 3 is 2.61 bits per heavy atom. The maximum Gasteiger partial charge on any atom is 0.125 e. The van der Waals surface area contributed by atoms with Gasteiger partial charge in [-0.1, -0.05) is 52.3 Å². The van der Waals surface area contributed by atoms with E-state index in [4.69, 9.17) is 9.47 Å². The molecule has 3 rings (SSSR count). The maximum absolute atomic E-state index is 6.05. The van der Waals surface area contributed by atoms with Crippen LogP contribution in [-0.2, 0) is 17.9 Å². The van der Waals surface area contributed by atoms with Crippen LogP contribution in [0.3, 0.4) is 0 Å². The van der Waals surface area contributed by atoms with Crippen LogP contribution in [0.5, 0.6) is 5.75 Å². The molecule has 1 heterocycles. The Balaban J connectivity index is 1.64. The molecule has 2 aromatic carbocycles. The Morgan fingerprint density at radius 1 is 1.04 bits per heavy atom. The van der Waals surface area contributed by atoms with Gasteiger partial charge in [-0.05, 0) is 30.5 Å². The van der Waals surface area contributed by atoms with Crippen molar-refractivity contribution in [2.45, 2.75) is 32.0 Å². The van der Waals surface area contributed by atoms with Gasteiger partial charge in [0.05, 0.1) is 0 Å². The largest absolute Gasteiger partial charge is 0.489 e. The van der Waals surface area contributed by atoms with E-state index in [1.807, 2.05) is 30.3 Å². The second-order valence-electron chi connectivity index (χ2n) is 5.76. The highest BCUT2D eigenvalue weighted by Crippen LogP contribution is 2.28. The number of nitrogens with one attached hydrogen (secondary N) is 1. The van der Waals surface area contributed by atoms with E-state index in [2.05, 4.69) is 39.4 Å². The minimum atomic E-state index is 0.526. The minimum absolute atomic E-state index is 0.526. The van der Waals surface area contributed by atoms with Crippen molar-refractivity contribution < 1.29 is 9.47 Å². The van der Waals surface area contributed by atoms with Crippen molar-refractivity contribution in [2.24, 2.45) is 0 Å². The van der Waals surface area contributed by atoms with E-state index in [-0.39, 0.29) is 0 Å². The fourth-order valence-electron chi connectivity index (χ4n) is 2.73. The summed E-state index contributed by atoms with van der Waals surface area (Å²) in [4.78, 5) is 0. The van der Waals surface area contributed by atoms with Gasteiger partial charge >= 0.3 is 0 Å². The predicted octanol–water partition coefficient (Wildman–Crippen LogP) is 4.30. The first-order valence-electron chi connectivity index (χ1n) is 8.08. The van der Waals surface area contributed by atoms with Gasteiger partial charge in [0.25, 0.3) is 0 Å². The fraction of sp³-hybridized carbons (Fsp3) is 0.368. The second-order valence-corrected chi connectivity index (χ2v) is 6.61. The molecule has 0 amide bonds. The van der Waals surface area contributed by atoms with Gasteiger partial charge in [-0.25, -0.2) is 0 Å². The third-order valence-corrected chi connectivity index (χ3v) is 4.84. The molecule has 2 aromatic rings. The highest BCUT2D eigenvalue weighted by Gasteiger charge is 2.15. The van der Waals surface area contributed by atoms with E-state index < -0.39 is 0 Å². The molecule has 1 N–H and O–H groups in total. The molecular weight excluding hydrogens is 354 g/mol. The van der Waals surface area contributed by atoms with Gasteiger partial charge < -0.3 is 14.8 Å². The molecule has 0 radical (unpaired) electrons. The molecular formula is C19H22BrNO2. The summed E-state index contributed by atoms with van der Waals surface area (Å²) in [6.45, 7) is 3.09. The van der Waals surface area contributed by atoms with E-state index in [9.17, 15) is 0 Å². The minimum Gasteiger partial charge on any atom is -0.489 e. The summed E-state index contributed by atoms with van der Waals surface area (Å²) in [5.74, 6) is 0.933. The zero-order valence-electron chi connectivity index (χ0n) is 13.1. The lowest BCUT2D eigenvalue weighted by Crippen LogP contribution is -2.34. The van der Waals surface area contributed by atoms with Crippen molar-refractivity contribution in [3.8, 4) is 5.75 Å². The lowest BCUT2D eigenvalue weighted by atomic mass is 10.1. The summed E-state index contributed by atoms with van der Waals surface area (Å²) < 4.78 is 12.5. The van der Waals surface area contributed by atoms with Crippen molar-refractivity contribution in [3.05, 3.63) is 64.1 Å². The molecule has 23 heavy (non-hydrogen) atoms. The van der Waals surface area contributed by atoms with E-state index in [1.165, 1.54) is 11.1 Å². The molecule has 0 aliphatic carbocycles. The summed E-state index contributed by atoms with van der Waals surface area (Å²) in [6, 6.07) is 16.9. The average Bonchev–Trinajstić information content (AvgIpc) is 2.61. The van der Waals surface area contributed by atoms with E-state index in [1.54, 1.807) is 0 Å². The molecule has 0 unspecified atom stereocenters. The molecule has 0 aromatic heterocycles. The van der Waals surface area contributed by atoms with Crippen LogP contribution in [0.2, 0.25) is 0 Å². The Bertz CT molecular complexity index is 612.